The van der Waals surface area contributed by atoms with Crippen LogP contribution in [0.25, 0.3) is 6.08 Å². The lowest BCUT2D eigenvalue weighted by Crippen LogP contribution is -2.37. The summed E-state index contributed by atoms with van der Waals surface area (Å²) < 4.78 is 21.0. The van der Waals surface area contributed by atoms with Crippen LogP contribution < -0.4 is 14.2 Å². The first kappa shape index (κ1) is 21.6. The lowest BCUT2D eigenvalue weighted by molar-refractivity contribution is -0.156. The standard InChI is InChI=1S/C19H23NO7S/c1-19(2,3)27-15(21)10-20-17(22)14(28-18(20)23)9-11-7-12(24-4)16(26-6)13(8-11)25-5/h7-9H,10H2,1-6H3/b14-9-. The first-order valence-corrected chi connectivity index (χ1v) is 9.18. The van der Waals surface area contributed by atoms with Gasteiger partial charge in [0, 0.05) is 0 Å². The quantitative estimate of drug-likeness (QED) is 0.523. The zero-order valence-corrected chi connectivity index (χ0v) is 17.5. The lowest BCUT2D eigenvalue weighted by atomic mass is 10.1. The highest BCUT2D eigenvalue weighted by atomic mass is 32.2. The number of thioether (sulfide) groups is 1. The molecule has 0 spiro atoms. The zero-order chi connectivity index (χ0) is 21.1. The lowest BCUT2D eigenvalue weighted by Gasteiger charge is -2.21. The maximum Gasteiger partial charge on any atom is 0.326 e. The first-order chi connectivity index (χ1) is 13.1. The van der Waals surface area contributed by atoms with Gasteiger partial charge >= 0.3 is 5.97 Å². The predicted molar refractivity (Wildman–Crippen MR) is 105 cm³/mol. The molecule has 0 aliphatic carbocycles. The molecule has 0 radical (unpaired) electrons. The van der Waals surface area contributed by atoms with Crippen molar-refractivity contribution in [3.05, 3.63) is 22.6 Å². The number of nitrogens with zero attached hydrogens (tertiary/aromatic N) is 1. The molecule has 152 valence electrons. The first-order valence-electron chi connectivity index (χ1n) is 8.37. The third-order valence-corrected chi connectivity index (χ3v) is 4.47. The third-order valence-electron chi connectivity index (χ3n) is 3.57. The van der Waals surface area contributed by atoms with E-state index in [0.717, 1.165) is 16.7 Å². The van der Waals surface area contributed by atoms with Crippen LogP contribution in [-0.4, -0.2) is 55.5 Å². The number of hydrogen-bond acceptors (Lipinski definition) is 8. The Balaban J connectivity index is 2.27. The van der Waals surface area contributed by atoms with Crippen LogP contribution in [0.2, 0.25) is 0 Å². The van der Waals surface area contributed by atoms with Gasteiger partial charge in [-0.15, -0.1) is 0 Å². The van der Waals surface area contributed by atoms with Gasteiger partial charge in [-0.2, -0.15) is 0 Å². The number of esters is 1. The molecule has 0 unspecified atom stereocenters. The van der Waals surface area contributed by atoms with Crippen molar-refractivity contribution in [1.82, 2.24) is 4.90 Å². The second kappa shape index (κ2) is 8.55. The molecule has 1 saturated heterocycles. The number of amides is 2. The Morgan fingerprint density at radius 3 is 2.11 bits per heavy atom. The van der Waals surface area contributed by atoms with Crippen molar-refractivity contribution in [3.63, 3.8) is 0 Å². The van der Waals surface area contributed by atoms with Crippen LogP contribution in [0.4, 0.5) is 4.79 Å². The summed E-state index contributed by atoms with van der Waals surface area (Å²) in [5.41, 5.74) is -0.123. The van der Waals surface area contributed by atoms with E-state index in [2.05, 4.69) is 0 Å². The van der Waals surface area contributed by atoms with Gasteiger partial charge in [0.05, 0.1) is 26.2 Å². The number of carbonyl (C=O) groups excluding carboxylic acids is 3. The van der Waals surface area contributed by atoms with Crippen molar-refractivity contribution in [1.29, 1.82) is 0 Å². The van der Waals surface area contributed by atoms with Crippen LogP contribution in [-0.2, 0) is 14.3 Å². The topological polar surface area (TPSA) is 91.4 Å². The second-order valence-corrected chi connectivity index (χ2v) is 7.81. The van der Waals surface area contributed by atoms with E-state index < -0.39 is 29.3 Å². The van der Waals surface area contributed by atoms with Gasteiger partial charge in [0.1, 0.15) is 12.1 Å². The van der Waals surface area contributed by atoms with E-state index in [1.807, 2.05) is 0 Å². The van der Waals surface area contributed by atoms with Crippen molar-refractivity contribution in [2.24, 2.45) is 0 Å². The molecule has 2 rings (SSSR count). The minimum absolute atomic E-state index is 0.183. The zero-order valence-electron chi connectivity index (χ0n) is 16.7. The van der Waals surface area contributed by atoms with E-state index >= 15 is 0 Å². The maximum atomic E-state index is 12.6. The minimum atomic E-state index is -0.703. The summed E-state index contributed by atoms with van der Waals surface area (Å²) in [4.78, 5) is 37.8. The van der Waals surface area contributed by atoms with E-state index in [-0.39, 0.29) is 4.91 Å². The van der Waals surface area contributed by atoms with E-state index in [4.69, 9.17) is 18.9 Å². The fourth-order valence-electron chi connectivity index (χ4n) is 2.48. The van der Waals surface area contributed by atoms with Crippen LogP contribution in [0.15, 0.2) is 17.0 Å². The molecule has 1 fully saturated rings. The van der Waals surface area contributed by atoms with Crippen LogP contribution in [0, 0.1) is 0 Å². The molecule has 0 bridgehead atoms. The van der Waals surface area contributed by atoms with Gasteiger partial charge in [-0.3, -0.25) is 19.3 Å². The molecule has 9 heteroatoms. The number of methoxy groups -OCH3 is 3. The molecule has 1 aliphatic heterocycles. The Morgan fingerprint density at radius 1 is 1.07 bits per heavy atom. The molecule has 0 N–H and O–H groups in total. The fourth-order valence-corrected chi connectivity index (χ4v) is 3.31. The van der Waals surface area contributed by atoms with Gasteiger partial charge in [0.25, 0.3) is 11.1 Å². The van der Waals surface area contributed by atoms with Crippen molar-refractivity contribution in [2.45, 2.75) is 26.4 Å². The Bertz CT molecular complexity index is 801. The number of benzene rings is 1. The van der Waals surface area contributed by atoms with Gasteiger partial charge in [-0.1, -0.05) is 0 Å². The van der Waals surface area contributed by atoms with Crippen molar-refractivity contribution >= 4 is 35.0 Å². The monoisotopic (exact) mass is 409 g/mol. The number of imide groups is 1. The Morgan fingerprint density at radius 2 is 1.64 bits per heavy atom. The fraction of sp³-hybridized carbons (Fsp3) is 0.421. The summed E-state index contributed by atoms with van der Waals surface area (Å²) in [5.74, 6) is 0.0424. The number of rotatable bonds is 6. The summed E-state index contributed by atoms with van der Waals surface area (Å²) in [6, 6.07) is 3.31. The predicted octanol–water partition coefficient (Wildman–Crippen LogP) is 3.09. The molecule has 2 amide bonds. The molecular weight excluding hydrogens is 386 g/mol. The Kier molecular flexibility index (Phi) is 6.60. The summed E-state index contributed by atoms with van der Waals surface area (Å²) in [5, 5.41) is -0.533. The molecule has 28 heavy (non-hydrogen) atoms. The van der Waals surface area contributed by atoms with Crippen molar-refractivity contribution in [3.8, 4) is 17.2 Å². The molecule has 0 aromatic heterocycles. The summed E-state index contributed by atoms with van der Waals surface area (Å²) in [6.07, 6.45) is 1.53. The van der Waals surface area contributed by atoms with Crippen LogP contribution >= 0.6 is 11.8 Å². The summed E-state index contributed by atoms with van der Waals surface area (Å²) in [7, 11) is 4.45. The second-order valence-electron chi connectivity index (χ2n) is 6.81. The Labute approximate surface area is 167 Å². The number of ether oxygens (including phenoxy) is 4. The highest BCUT2D eigenvalue weighted by Crippen LogP contribution is 2.40. The highest BCUT2D eigenvalue weighted by Gasteiger charge is 2.37. The van der Waals surface area contributed by atoms with Crippen molar-refractivity contribution < 1.29 is 33.3 Å². The van der Waals surface area contributed by atoms with E-state index in [1.54, 1.807) is 32.9 Å². The molecular formula is C19H23NO7S. The third kappa shape index (κ3) is 4.98. The van der Waals surface area contributed by atoms with Crippen LogP contribution in [0.1, 0.15) is 26.3 Å². The Hall–Kier alpha value is -2.68. The molecule has 0 atom stereocenters. The SMILES string of the molecule is COc1cc(/C=C2\SC(=O)N(CC(=O)OC(C)(C)C)C2=O)cc(OC)c1OC. The maximum absolute atomic E-state index is 12.6. The molecule has 8 nitrogen and oxygen atoms in total. The molecule has 0 saturated carbocycles. The molecule has 1 aromatic carbocycles. The van der Waals surface area contributed by atoms with E-state index in [0.29, 0.717) is 22.8 Å². The minimum Gasteiger partial charge on any atom is -0.493 e. The molecule has 1 aromatic rings. The van der Waals surface area contributed by atoms with Crippen molar-refractivity contribution in [2.75, 3.05) is 27.9 Å². The molecule has 1 aliphatic rings. The van der Waals surface area contributed by atoms with E-state index in [1.165, 1.54) is 27.4 Å². The van der Waals surface area contributed by atoms with Gasteiger partial charge < -0.3 is 18.9 Å². The van der Waals surface area contributed by atoms with Gasteiger partial charge in [0.15, 0.2) is 11.5 Å². The normalized spacial score (nSPS) is 15.8. The smallest absolute Gasteiger partial charge is 0.326 e. The van der Waals surface area contributed by atoms with E-state index in [9.17, 15) is 14.4 Å². The highest BCUT2D eigenvalue weighted by molar-refractivity contribution is 8.18. The number of carbonyl (C=O) groups is 3. The van der Waals surface area contributed by atoms with Crippen LogP contribution in [0.3, 0.4) is 0 Å². The molecule has 1 heterocycles. The average molecular weight is 409 g/mol. The largest absolute Gasteiger partial charge is 0.493 e. The van der Waals surface area contributed by atoms with Gasteiger partial charge in [-0.05, 0) is 56.3 Å². The van der Waals surface area contributed by atoms with Gasteiger partial charge in [-0.25, -0.2) is 0 Å². The average Bonchev–Trinajstić information content (AvgIpc) is 2.86. The summed E-state index contributed by atoms with van der Waals surface area (Å²) >= 11 is 0.751. The van der Waals surface area contributed by atoms with Gasteiger partial charge in [0.2, 0.25) is 5.75 Å². The van der Waals surface area contributed by atoms with Crippen LogP contribution in [0.5, 0.6) is 17.2 Å². The summed E-state index contributed by atoms with van der Waals surface area (Å²) in [6.45, 7) is 4.70. The number of hydrogen-bond donors (Lipinski definition) is 0.